The first-order valence-corrected chi connectivity index (χ1v) is 9.41. The lowest BCUT2D eigenvalue weighted by Gasteiger charge is -2.19. The van der Waals surface area contributed by atoms with Crippen molar-refractivity contribution in [3.05, 3.63) is 65.2 Å². The van der Waals surface area contributed by atoms with Gasteiger partial charge in [0.1, 0.15) is 5.75 Å². The number of carbonyl (C=O) groups is 2. The first-order valence-electron chi connectivity index (χ1n) is 9.41. The van der Waals surface area contributed by atoms with Crippen LogP contribution in [0.15, 0.2) is 48.5 Å². The van der Waals surface area contributed by atoms with Crippen LogP contribution < -0.4 is 10.1 Å². The number of nitrogens with one attached hydrogen (secondary N) is 1. The molecular formula is C22H22F3NO4. The highest BCUT2D eigenvalue weighted by atomic mass is 19.4. The van der Waals surface area contributed by atoms with E-state index in [0.29, 0.717) is 17.7 Å². The number of rotatable bonds is 7. The number of ether oxygens (including phenoxy) is 2. The van der Waals surface area contributed by atoms with Gasteiger partial charge in [-0.1, -0.05) is 30.3 Å². The van der Waals surface area contributed by atoms with Gasteiger partial charge in [0, 0.05) is 5.92 Å². The van der Waals surface area contributed by atoms with E-state index in [1.165, 1.54) is 32.4 Å². The van der Waals surface area contributed by atoms with E-state index in [-0.39, 0.29) is 17.9 Å². The van der Waals surface area contributed by atoms with Gasteiger partial charge >= 0.3 is 12.1 Å². The van der Waals surface area contributed by atoms with Crippen LogP contribution in [0.3, 0.4) is 0 Å². The zero-order chi connectivity index (χ0) is 21.9. The molecule has 3 unspecified atom stereocenters. The van der Waals surface area contributed by atoms with Crippen LogP contribution in [-0.4, -0.2) is 26.1 Å². The Hall–Kier alpha value is -3.03. The predicted octanol–water partition coefficient (Wildman–Crippen LogP) is 4.24. The maximum Gasteiger partial charge on any atom is 0.416 e. The Bertz CT molecular complexity index is 911. The van der Waals surface area contributed by atoms with Gasteiger partial charge in [0.05, 0.1) is 32.2 Å². The number of carbonyl (C=O) groups excluding carboxylic acids is 2. The van der Waals surface area contributed by atoms with Gasteiger partial charge in [0.25, 0.3) is 0 Å². The van der Waals surface area contributed by atoms with Crippen LogP contribution in [0.5, 0.6) is 5.75 Å². The highest BCUT2D eigenvalue weighted by Crippen LogP contribution is 2.51. The van der Waals surface area contributed by atoms with Crippen molar-refractivity contribution in [2.24, 2.45) is 5.92 Å². The minimum atomic E-state index is -4.48. The van der Waals surface area contributed by atoms with Crippen LogP contribution in [-0.2, 0) is 20.5 Å². The Labute approximate surface area is 172 Å². The van der Waals surface area contributed by atoms with Crippen molar-refractivity contribution in [3.63, 3.8) is 0 Å². The Kier molecular flexibility index (Phi) is 6.34. The van der Waals surface area contributed by atoms with E-state index < -0.39 is 35.6 Å². The topological polar surface area (TPSA) is 64.6 Å². The van der Waals surface area contributed by atoms with Crippen molar-refractivity contribution >= 4 is 11.9 Å². The number of esters is 1. The van der Waals surface area contributed by atoms with Crippen molar-refractivity contribution in [1.82, 2.24) is 5.32 Å². The normalized spacial score (nSPS) is 19.0. The number of methoxy groups -OCH3 is 2. The van der Waals surface area contributed by atoms with Gasteiger partial charge in [-0.05, 0) is 41.7 Å². The molecule has 2 aromatic carbocycles. The summed E-state index contributed by atoms with van der Waals surface area (Å²) in [5.41, 5.74) is 0.0770. The highest BCUT2D eigenvalue weighted by molar-refractivity contribution is 5.84. The second kappa shape index (κ2) is 8.77. The third kappa shape index (κ3) is 4.93. The molecule has 30 heavy (non-hydrogen) atoms. The lowest BCUT2D eigenvalue weighted by molar-refractivity contribution is -0.141. The molecule has 1 fully saturated rings. The molecule has 0 heterocycles. The summed E-state index contributed by atoms with van der Waals surface area (Å²) in [7, 11) is 2.77. The van der Waals surface area contributed by atoms with E-state index >= 15 is 0 Å². The number of amides is 1. The number of hydrogen-bond donors (Lipinski definition) is 1. The molecule has 1 aliphatic rings. The summed E-state index contributed by atoms with van der Waals surface area (Å²) >= 11 is 0. The van der Waals surface area contributed by atoms with Gasteiger partial charge in [0.2, 0.25) is 5.91 Å². The first kappa shape index (κ1) is 21.7. The van der Waals surface area contributed by atoms with E-state index in [4.69, 9.17) is 9.47 Å². The molecule has 2 aromatic rings. The Morgan fingerprint density at radius 1 is 1.10 bits per heavy atom. The fraction of sp³-hybridized carbons (Fsp3) is 0.364. The summed E-state index contributed by atoms with van der Waals surface area (Å²) in [4.78, 5) is 24.6. The van der Waals surface area contributed by atoms with Crippen molar-refractivity contribution in [2.45, 2.75) is 31.0 Å². The van der Waals surface area contributed by atoms with Crippen LogP contribution in [0.4, 0.5) is 13.2 Å². The molecule has 0 aliphatic heterocycles. The third-order valence-corrected chi connectivity index (χ3v) is 5.23. The molecule has 0 radical (unpaired) electrons. The average molecular weight is 421 g/mol. The van der Waals surface area contributed by atoms with Crippen molar-refractivity contribution < 1.29 is 32.2 Å². The summed E-state index contributed by atoms with van der Waals surface area (Å²) in [6, 6.07) is 11.5. The fourth-order valence-corrected chi connectivity index (χ4v) is 3.52. The Morgan fingerprint density at radius 3 is 2.37 bits per heavy atom. The maximum atomic E-state index is 13.3. The smallest absolute Gasteiger partial charge is 0.416 e. The number of hydrogen-bond acceptors (Lipinski definition) is 4. The van der Waals surface area contributed by atoms with Gasteiger partial charge in [-0.25, -0.2) is 0 Å². The molecule has 1 aliphatic carbocycles. The third-order valence-electron chi connectivity index (χ3n) is 5.23. The molecule has 0 saturated heterocycles. The minimum absolute atomic E-state index is 0.0922. The van der Waals surface area contributed by atoms with E-state index in [0.717, 1.165) is 6.07 Å². The molecule has 160 valence electrons. The average Bonchev–Trinajstić information content (AvgIpc) is 3.53. The number of halogens is 3. The SMILES string of the molecule is COC(=O)CC(NC(=O)C1CC1c1ccccc1C(F)(F)F)c1ccc(OC)cc1. The molecular weight excluding hydrogens is 399 g/mol. The Balaban J connectivity index is 1.75. The van der Waals surface area contributed by atoms with Crippen LogP contribution in [0, 0.1) is 5.92 Å². The predicted molar refractivity (Wildman–Crippen MR) is 103 cm³/mol. The standard InChI is InChI=1S/C22H22F3NO4/c1-29-14-9-7-13(8-10-14)19(12-20(27)30-2)26-21(28)17-11-16(17)15-5-3-4-6-18(15)22(23,24)25/h3-10,16-17,19H,11-12H2,1-2H3,(H,26,28). The largest absolute Gasteiger partial charge is 0.497 e. The molecule has 1 N–H and O–H groups in total. The van der Waals surface area contributed by atoms with Gasteiger partial charge in [-0.2, -0.15) is 13.2 Å². The first-order chi connectivity index (χ1) is 14.2. The quantitative estimate of drug-likeness (QED) is 0.680. The zero-order valence-electron chi connectivity index (χ0n) is 16.5. The molecule has 0 aromatic heterocycles. The van der Waals surface area contributed by atoms with E-state index in [2.05, 4.69) is 5.32 Å². The second-order valence-corrected chi connectivity index (χ2v) is 7.15. The fourth-order valence-electron chi connectivity index (χ4n) is 3.52. The van der Waals surface area contributed by atoms with Gasteiger partial charge in [-0.15, -0.1) is 0 Å². The lowest BCUT2D eigenvalue weighted by Crippen LogP contribution is -2.32. The van der Waals surface area contributed by atoms with Crippen molar-refractivity contribution in [1.29, 1.82) is 0 Å². The molecule has 8 heteroatoms. The van der Waals surface area contributed by atoms with Crippen LogP contribution in [0.25, 0.3) is 0 Å². The molecule has 1 amide bonds. The summed E-state index contributed by atoms with van der Waals surface area (Å²) in [6.45, 7) is 0. The van der Waals surface area contributed by atoms with Crippen LogP contribution in [0.2, 0.25) is 0 Å². The summed E-state index contributed by atoms with van der Waals surface area (Å²) in [6.07, 6.45) is -4.24. The van der Waals surface area contributed by atoms with E-state index in [1.807, 2.05) is 0 Å². The van der Waals surface area contributed by atoms with Crippen molar-refractivity contribution in [3.8, 4) is 5.75 Å². The molecule has 5 nitrogen and oxygen atoms in total. The zero-order valence-corrected chi connectivity index (χ0v) is 16.5. The molecule has 0 spiro atoms. The van der Waals surface area contributed by atoms with E-state index in [1.54, 1.807) is 24.3 Å². The maximum absolute atomic E-state index is 13.3. The molecule has 1 saturated carbocycles. The molecule has 3 rings (SSSR count). The van der Waals surface area contributed by atoms with Gasteiger partial charge in [0.15, 0.2) is 0 Å². The van der Waals surface area contributed by atoms with Crippen LogP contribution in [0.1, 0.15) is 41.5 Å². The van der Waals surface area contributed by atoms with Gasteiger partial charge in [-0.3, -0.25) is 9.59 Å². The van der Waals surface area contributed by atoms with E-state index in [9.17, 15) is 22.8 Å². The molecule has 3 atom stereocenters. The second-order valence-electron chi connectivity index (χ2n) is 7.15. The van der Waals surface area contributed by atoms with Crippen LogP contribution >= 0.6 is 0 Å². The monoisotopic (exact) mass is 421 g/mol. The summed E-state index contributed by atoms with van der Waals surface area (Å²) < 4.78 is 49.7. The summed E-state index contributed by atoms with van der Waals surface area (Å²) in [5, 5.41) is 2.79. The Morgan fingerprint density at radius 2 is 1.77 bits per heavy atom. The lowest BCUT2D eigenvalue weighted by atomic mass is 10.0. The van der Waals surface area contributed by atoms with Crippen molar-refractivity contribution in [2.75, 3.05) is 14.2 Å². The number of alkyl halides is 3. The summed E-state index contributed by atoms with van der Waals surface area (Å²) in [5.74, 6) is -1.36. The number of benzene rings is 2. The highest BCUT2D eigenvalue weighted by Gasteiger charge is 2.48. The molecule has 0 bridgehead atoms. The minimum Gasteiger partial charge on any atom is -0.497 e. The van der Waals surface area contributed by atoms with Gasteiger partial charge < -0.3 is 14.8 Å².